The highest BCUT2D eigenvalue weighted by Gasteiger charge is 2.21. The lowest BCUT2D eigenvalue weighted by molar-refractivity contribution is 0.672. The molecule has 9 aromatic carbocycles. The fourth-order valence-electron chi connectivity index (χ4n) is 8.15. The van der Waals surface area contributed by atoms with Gasteiger partial charge in [-0.2, -0.15) is 0 Å². The molecule has 0 saturated carbocycles. The van der Waals surface area contributed by atoms with Crippen molar-refractivity contribution in [1.29, 1.82) is 0 Å². The Hall–Kier alpha value is -6.38. The maximum Gasteiger partial charge on any atom is 0.143 e. The third-order valence-electron chi connectivity index (χ3n) is 10.2. The highest BCUT2D eigenvalue weighted by molar-refractivity contribution is 6.27. The minimum Gasteiger partial charge on any atom is -0.455 e. The molecule has 2 nitrogen and oxygen atoms in total. The molecule has 0 fully saturated rings. The van der Waals surface area contributed by atoms with Gasteiger partial charge in [0, 0.05) is 32.3 Å². The van der Waals surface area contributed by atoms with Crippen LogP contribution in [-0.4, -0.2) is 0 Å². The second-order valence-corrected chi connectivity index (χ2v) is 12.8. The first kappa shape index (κ1) is 25.8. The van der Waals surface area contributed by atoms with Crippen molar-refractivity contribution >= 4 is 87.0 Å². The van der Waals surface area contributed by atoms with Crippen molar-refractivity contribution in [3.8, 4) is 22.3 Å². The minimum absolute atomic E-state index is 0.901. The van der Waals surface area contributed by atoms with Gasteiger partial charge in [0.2, 0.25) is 0 Å². The summed E-state index contributed by atoms with van der Waals surface area (Å²) in [6.07, 6.45) is 0. The molecule has 0 aliphatic rings. The lowest BCUT2D eigenvalue weighted by Crippen LogP contribution is -1.91. The van der Waals surface area contributed by atoms with Gasteiger partial charge in [-0.3, -0.25) is 0 Å². The number of hydrogen-bond donors (Lipinski definition) is 0. The summed E-state index contributed by atoms with van der Waals surface area (Å²) in [5.74, 6) is 0. The third-order valence-corrected chi connectivity index (χ3v) is 10.2. The normalized spacial score (nSPS) is 12.2. The zero-order valence-corrected chi connectivity index (χ0v) is 25.8. The Kier molecular flexibility index (Phi) is 5.14. The Labute approximate surface area is 275 Å². The van der Waals surface area contributed by atoms with Crippen LogP contribution in [0.15, 0.2) is 167 Å². The van der Waals surface area contributed by atoms with Gasteiger partial charge in [0.15, 0.2) is 0 Å². The Morgan fingerprint density at radius 1 is 0.312 bits per heavy atom. The lowest BCUT2D eigenvalue weighted by atomic mass is 9.85. The Morgan fingerprint density at radius 3 is 1.50 bits per heavy atom. The van der Waals surface area contributed by atoms with Crippen LogP contribution in [0.4, 0.5) is 0 Å². The predicted octanol–water partition coefficient (Wildman–Crippen LogP) is 13.4. The molecule has 2 heteroatoms. The van der Waals surface area contributed by atoms with Crippen molar-refractivity contribution in [1.82, 2.24) is 0 Å². The van der Waals surface area contributed by atoms with Gasteiger partial charge in [-0.25, -0.2) is 0 Å². The van der Waals surface area contributed by atoms with Crippen molar-refractivity contribution in [2.24, 2.45) is 0 Å². The van der Waals surface area contributed by atoms with Gasteiger partial charge in [-0.15, -0.1) is 0 Å². The van der Waals surface area contributed by atoms with Gasteiger partial charge in [0.25, 0.3) is 0 Å². The zero-order valence-electron chi connectivity index (χ0n) is 25.8. The monoisotopic (exact) mass is 610 g/mol. The Bertz CT molecular complexity index is 3060. The maximum atomic E-state index is 6.65. The molecular weight excluding hydrogens is 585 g/mol. The molecular formula is C46H26O2. The van der Waals surface area contributed by atoms with Crippen LogP contribution in [0.5, 0.6) is 0 Å². The molecule has 2 aromatic heterocycles. The van der Waals surface area contributed by atoms with Gasteiger partial charge < -0.3 is 8.83 Å². The second-order valence-electron chi connectivity index (χ2n) is 12.8. The van der Waals surface area contributed by atoms with E-state index in [4.69, 9.17) is 8.83 Å². The van der Waals surface area contributed by atoms with Crippen LogP contribution >= 0.6 is 0 Å². The smallest absolute Gasteiger partial charge is 0.143 e. The average molecular weight is 611 g/mol. The first-order valence-corrected chi connectivity index (χ1v) is 16.4. The Morgan fingerprint density at radius 2 is 0.833 bits per heavy atom. The van der Waals surface area contributed by atoms with Crippen LogP contribution in [0.3, 0.4) is 0 Å². The summed E-state index contributed by atoms with van der Waals surface area (Å²) < 4.78 is 13.3. The van der Waals surface area contributed by atoms with Crippen LogP contribution in [0, 0.1) is 0 Å². The first-order chi connectivity index (χ1) is 23.8. The summed E-state index contributed by atoms with van der Waals surface area (Å²) in [7, 11) is 0. The van der Waals surface area contributed by atoms with E-state index in [0.29, 0.717) is 0 Å². The molecule has 0 bridgehead atoms. The number of hydrogen-bond acceptors (Lipinski definition) is 2. The number of fused-ring (bicyclic) bond motifs is 12. The van der Waals surface area contributed by atoms with Crippen LogP contribution < -0.4 is 0 Å². The standard InChI is InChI=1S/C46H26O2/c1-3-12-30-27(10-1)20-24-37-32-23-22-29(26-41(32)48-45(30)37)42-33-14-5-7-16-35(33)43(36-17-8-6-15-34(36)42)38-18-9-19-40-44(38)39-25-21-28-11-2-4-13-31(28)46(39)47-40/h1-26H. The van der Waals surface area contributed by atoms with Crippen LogP contribution in [0.25, 0.3) is 109 Å². The molecule has 0 spiro atoms. The maximum absolute atomic E-state index is 6.65. The number of rotatable bonds is 2. The summed E-state index contributed by atoms with van der Waals surface area (Å²) in [4.78, 5) is 0. The molecule has 11 aromatic rings. The van der Waals surface area contributed by atoms with Gasteiger partial charge in [0.1, 0.15) is 22.3 Å². The fraction of sp³-hybridized carbons (Fsp3) is 0. The molecule has 222 valence electrons. The highest BCUT2D eigenvalue weighted by Crippen LogP contribution is 2.48. The van der Waals surface area contributed by atoms with Crippen molar-refractivity contribution in [3.05, 3.63) is 158 Å². The quantitative estimate of drug-likeness (QED) is 0.182. The fourth-order valence-corrected chi connectivity index (χ4v) is 8.15. The van der Waals surface area contributed by atoms with Crippen molar-refractivity contribution < 1.29 is 8.83 Å². The van der Waals surface area contributed by atoms with Crippen LogP contribution in [0.1, 0.15) is 0 Å². The topological polar surface area (TPSA) is 26.3 Å². The summed E-state index contributed by atoms with van der Waals surface area (Å²) in [6.45, 7) is 0. The largest absolute Gasteiger partial charge is 0.455 e. The summed E-state index contributed by atoms with van der Waals surface area (Å²) in [5.41, 5.74) is 8.45. The molecule has 0 amide bonds. The van der Waals surface area contributed by atoms with E-state index >= 15 is 0 Å². The van der Waals surface area contributed by atoms with Crippen molar-refractivity contribution in [2.75, 3.05) is 0 Å². The van der Waals surface area contributed by atoms with Gasteiger partial charge in [-0.05, 0) is 84.9 Å². The van der Waals surface area contributed by atoms with E-state index < -0.39 is 0 Å². The minimum atomic E-state index is 0.901. The lowest BCUT2D eigenvalue weighted by Gasteiger charge is -2.18. The SMILES string of the molecule is c1ccc2c(c1)ccc1c3ccc(-c4c5ccccc5c(-c5cccc6oc7c8ccccc8ccc7c56)c5ccccc45)cc3oc21. The zero-order chi connectivity index (χ0) is 31.3. The summed E-state index contributed by atoms with van der Waals surface area (Å²) >= 11 is 0. The van der Waals surface area contributed by atoms with E-state index in [1.54, 1.807) is 0 Å². The predicted molar refractivity (Wildman–Crippen MR) is 202 cm³/mol. The van der Waals surface area contributed by atoms with Crippen LogP contribution in [0.2, 0.25) is 0 Å². The van der Waals surface area contributed by atoms with Crippen LogP contribution in [-0.2, 0) is 0 Å². The molecule has 48 heavy (non-hydrogen) atoms. The molecule has 0 N–H and O–H groups in total. The molecule has 11 rings (SSSR count). The van der Waals surface area contributed by atoms with Crippen molar-refractivity contribution in [3.63, 3.8) is 0 Å². The van der Waals surface area contributed by atoms with E-state index in [1.807, 2.05) is 0 Å². The molecule has 0 aliphatic carbocycles. The molecule has 0 aliphatic heterocycles. The van der Waals surface area contributed by atoms with E-state index in [9.17, 15) is 0 Å². The first-order valence-electron chi connectivity index (χ1n) is 16.4. The molecule has 2 heterocycles. The second kappa shape index (κ2) is 9.57. The number of benzene rings is 9. The van der Waals surface area contributed by atoms with Crippen molar-refractivity contribution in [2.45, 2.75) is 0 Å². The third kappa shape index (κ3) is 3.46. The highest BCUT2D eigenvalue weighted by atomic mass is 16.3. The van der Waals surface area contributed by atoms with E-state index in [-0.39, 0.29) is 0 Å². The van der Waals surface area contributed by atoms with Gasteiger partial charge in [-0.1, -0.05) is 127 Å². The molecule has 0 saturated heterocycles. The van der Waals surface area contributed by atoms with Gasteiger partial charge in [0.05, 0.1) is 0 Å². The van der Waals surface area contributed by atoms with E-state index in [1.165, 1.54) is 49.0 Å². The van der Waals surface area contributed by atoms with Gasteiger partial charge >= 0.3 is 0 Å². The molecule has 0 radical (unpaired) electrons. The van der Waals surface area contributed by atoms with E-state index in [2.05, 4.69) is 158 Å². The Balaban J connectivity index is 1.22. The molecule has 0 unspecified atom stereocenters. The molecule has 0 atom stereocenters. The van der Waals surface area contributed by atoms with E-state index in [0.717, 1.165) is 60.2 Å². The summed E-state index contributed by atoms with van der Waals surface area (Å²) in [5, 5.41) is 14.1. The number of furan rings is 2. The summed E-state index contributed by atoms with van der Waals surface area (Å²) in [6, 6.07) is 56.6. The average Bonchev–Trinajstić information content (AvgIpc) is 3.72.